The topological polar surface area (TPSA) is 28.2 Å². The minimum absolute atomic E-state index is 0.756. The first kappa shape index (κ1) is 16.5. The van der Waals surface area contributed by atoms with Gasteiger partial charge in [0, 0.05) is 35.4 Å². The molecule has 1 N–H and O–H groups in total. The molecule has 24 heavy (non-hydrogen) atoms. The minimum atomic E-state index is 0.756. The summed E-state index contributed by atoms with van der Waals surface area (Å²) in [5.74, 6) is 0. The quantitative estimate of drug-likeness (QED) is 0.637. The lowest BCUT2D eigenvalue weighted by atomic mass is 10.1. The van der Waals surface area contributed by atoms with Crippen LogP contribution in [0.15, 0.2) is 60.0 Å². The van der Waals surface area contributed by atoms with Crippen LogP contribution >= 0.6 is 11.3 Å². The summed E-state index contributed by atoms with van der Waals surface area (Å²) in [6, 6.07) is 18.9. The Morgan fingerprint density at radius 1 is 0.958 bits per heavy atom. The summed E-state index contributed by atoms with van der Waals surface area (Å²) in [6.07, 6.45) is 0. The highest BCUT2D eigenvalue weighted by atomic mass is 32.1. The highest BCUT2D eigenvalue weighted by molar-refractivity contribution is 7.09. The zero-order chi connectivity index (χ0) is 16.8. The van der Waals surface area contributed by atoms with Crippen molar-refractivity contribution < 1.29 is 0 Å². The van der Waals surface area contributed by atoms with E-state index < -0.39 is 0 Å². The molecule has 124 valence electrons. The van der Waals surface area contributed by atoms with E-state index >= 15 is 0 Å². The van der Waals surface area contributed by atoms with E-state index in [2.05, 4.69) is 65.8 Å². The van der Waals surface area contributed by atoms with Crippen molar-refractivity contribution in [3.8, 4) is 11.3 Å². The summed E-state index contributed by atoms with van der Waals surface area (Å²) in [5.41, 5.74) is 4.62. The van der Waals surface area contributed by atoms with E-state index in [0.29, 0.717) is 0 Å². The van der Waals surface area contributed by atoms with E-state index in [9.17, 15) is 0 Å². The number of anilines is 2. The zero-order valence-corrected chi connectivity index (χ0v) is 15.0. The van der Waals surface area contributed by atoms with Crippen molar-refractivity contribution in [1.29, 1.82) is 0 Å². The summed E-state index contributed by atoms with van der Waals surface area (Å²) in [5, 5.41) is 6.64. The van der Waals surface area contributed by atoms with Gasteiger partial charge in [0.15, 0.2) is 0 Å². The molecule has 0 bridgehead atoms. The number of hydrogen-bond donors (Lipinski definition) is 1. The molecule has 4 heteroatoms. The van der Waals surface area contributed by atoms with E-state index in [1.54, 1.807) is 11.3 Å². The van der Waals surface area contributed by atoms with Crippen LogP contribution in [0, 0.1) is 0 Å². The van der Waals surface area contributed by atoms with Crippen molar-refractivity contribution in [1.82, 2.24) is 4.98 Å². The smallest absolute Gasteiger partial charge is 0.112 e. The van der Waals surface area contributed by atoms with Gasteiger partial charge in [-0.2, -0.15) is 0 Å². The van der Waals surface area contributed by atoms with E-state index in [1.807, 2.05) is 18.2 Å². The number of para-hydroxylation sites is 1. The van der Waals surface area contributed by atoms with Gasteiger partial charge in [-0.1, -0.05) is 30.3 Å². The first-order valence-corrected chi connectivity index (χ1v) is 9.26. The summed E-state index contributed by atoms with van der Waals surface area (Å²) in [7, 11) is 0. The Labute approximate surface area is 148 Å². The highest BCUT2D eigenvalue weighted by Gasteiger charge is 2.06. The molecule has 2 aromatic carbocycles. The molecule has 0 aliphatic heterocycles. The van der Waals surface area contributed by atoms with Gasteiger partial charge in [-0.05, 0) is 38.1 Å². The Kier molecular flexibility index (Phi) is 5.49. The standard InChI is InChI=1S/C20H23N3S/c1-3-23(4-2)18-12-10-16(11-13-18)19-15-24-20(22-19)14-21-17-8-6-5-7-9-17/h5-13,15,21H,3-4,14H2,1-2H3. The van der Waals surface area contributed by atoms with Crippen molar-refractivity contribution in [3.05, 3.63) is 65.0 Å². The molecule has 0 saturated heterocycles. The van der Waals surface area contributed by atoms with Gasteiger partial charge in [-0.15, -0.1) is 11.3 Å². The Bertz CT molecular complexity index is 746. The molecule has 3 nitrogen and oxygen atoms in total. The Morgan fingerprint density at radius 2 is 1.67 bits per heavy atom. The van der Waals surface area contributed by atoms with E-state index in [0.717, 1.165) is 36.0 Å². The van der Waals surface area contributed by atoms with E-state index in [4.69, 9.17) is 4.98 Å². The molecule has 0 amide bonds. The fraction of sp³-hybridized carbons (Fsp3) is 0.250. The number of benzene rings is 2. The minimum Gasteiger partial charge on any atom is -0.379 e. The second-order valence-corrected chi connectivity index (χ2v) is 6.51. The van der Waals surface area contributed by atoms with Gasteiger partial charge in [0.2, 0.25) is 0 Å². The van der Waals surface area contributed by atoms with E-state index in [-0.39, 0.29) is 0 Å². The van der Waals surface area contributed by atoms with Gasteiger partial charge in [0.25, 0.3) is 0 Å². The monoisotopic (exact) mass is 337 g/mol. The van der Waals surface area contributed by atoms with Gasteiger partial charge in [0.05, 0.1) is 12.2 Å². The lowest BCUT2D eigenvalue weighted by Crippen LogP contribution is -2.21. The maximum Gasteiger partial charge on any atom is 0.112 e. The van der Waals surface area contributed by atoms with Crippen LogP contribution in [0.5, 0.6) is 0 Å². The SMILES string of the molecule is CCN(CC)c1ccc(-c2csc(CNc3ccccc3)n2)cc1. The van der Waals surface area contributed by atoms with Crippen LogP contribution < -0.4 is 10.2 Å². The normalized spacial score (nSPS) is 10.6. The molecule has 3 aromatic rings. The average Bonchev–Trinajstić information content (AvgIpc) is 3.11. The van der Waals surface area contributed by atoms with Crippen LogP contribution in [-0.4, -0.2) is 18.1 Å². The lowest BCUT2D eigenvalue weighted by Gasteiger charge is -2.20. The first-order valence-electron chi connectivity index (χ1n) is 8.39. The van der Waals surface area contributed by atoms with Gasteiger partial charge in [-0.25, -0.2) is 4.98 Å². The zero-order valence-electron chi connectivity index (χ0n) is 14.2. The van der Waals surface area contributed by atoms with Crippen LogP contribution in [-0.2, 0) is 6.54 Å². The van der Waals surface area contributed by atoms with Gasteiger partial charge in [-0.3, -0.25) is 0 Å². The molecule has 0 aliphatic carbocycles. The fourth-order valence-corrected chi connectivity index (χ4v) is 3.43. The maximum atomic E-state index is 4.75. The van der Waals surface area contributed by atoms with Crippen molar-refractivity contribution in [2.45, 2.75) is 20.4 Å². The van der Waals surface area contributed by atoms with Crippen LogP contribution in [0.4, 0.5) is 11.4 Å². The number of aromatic nitrogens is 1. The molecule has 0 aliphatic rings. The fourth-order valence-electron chi connectivity index (χ4n) is 2.69. The largest absolute Gasteiger partial charge is 0.379 e. The summed E-state index contributed by atoms with van der Waals surface area (Å²) in [4.78, 5) is 7.10. The second-order valence-electron chi connectivity index (χ2n) is 5.57. The molecule has 0 radical (unpaired) electrons. The van der Waals surface area contributed by atoms with Gasteiger partial charge in [0.1, 0.15) is 5.01 Å². The molecule has 0 spiro atoms. The predicted octanol–water partition coefficient (Wildman–Crippen LogP) is 5.27. The summed E-state index contributed by atoms with van der Waals surface area (Å²) in [6.45, 7) is 7.18. The van der Waals surface area contributed by atoms with Crippen LogP contribution in [0.1, 0.15) is 18.9 Å². The first-order chi connectivity index (χ1) is 11.8. The number of nitrogens with one attached hydrogen (secondary N) is 1. The number of hydrogen-bond acceptors (Lipinski definition) is 4. The third-order valence-corrected chi connectivity index (χ3v) is 4.91. The van der Waals surface area contributed by atoms with E-state index in [1.165, 1.54) is 11.3 Å². The molecular weight excluding hydrogens is 314 g/mol. The highest BCUT2D eigenvalue weighted by Crippen LogP contribution is 2.25. The van der Waals surface area contributed by atoms with Crippen molar-refractivity contribution in [2.24, 2.45) is 0 Å². The molecular formula is C20H23N3S. The van der Waals surface area contributed by atoms with Crippen LogP contribution in [0.25, 0.3) is 11.3 Å². The number of rotatable bonds is 7. The molecule has 0 atom stereocenters. The number of thiazole rings is 1. The van der Waals surface area contributed by atoms with Gasteiger partial charge < -0.3 is 10.2 Å². The Morgan fingerprint density at radius 3 is 2.33 bits per heavy atom. The molecule has 0 fully saturated rings. The predicted molar refractivity (Wildman–Crippen MR) is 105 cm³/mol. The lowest BCUT2D eigenvalue weighted by molar-refractivity contribution is 0.866. The van der Waals surface area contributed by atoms with Crippen LogP contribution in [0.2, 0.25) is 0 Å². The van der Waals surface area contributed by atoms with Crippen molar-refractivity contribution in [3.63, 3.8) is 0 Å². The summed E-state index contributed by atoms with van der Waals surface area (Å²) >= 11 is 1.70. The average molecular weight is 337 g/mol. The Hall–Kier alpha value is -2.33. The Balaban J connectivity index is 1.66. The van der Waals surface area contributed by atoms with Crippen LogP contribution in [0.3, 0.4) is 0 Å². The van der Waals surface area contributed by atoms with Gasteiger partial charge >= 0.3 is 0 Å². The summed E-state index contributed by atoms with van der Waals surface area (Å²) < 4.78 is 0. The molecule has 1 heterocycles. The third kappa shape index (κ3) is 3.95. The number of nitrogens with zero attached hydrogens (tertiary/aromatic N) is 2. The molecule has 3 rings (SSSR count). The second kappa shape index (κ2) is 7.97. The van der Waals surface area contributed by atoms with Crippen molar-refractivity contribution >= 4 is 22.7 Å². The molecule has 0 saturated carbocycles. The van der Waals surface area contributed by atoms with Crippen molar-refractivity contribution in [2.75, 3.05) is 23.3 Å². The third-order valence-electron chi connectivity index (χ3n) is 4.06. The molecule has 1 aromatic heterocycles. The maximum absolute atomic E-state index is 4.75. The molecule has 0 unspecified atom stereocenters.